The van der Waals surface area contributed by atoms with Gasteiger partial charge < -0.3 is 40.6 Å². The zero-order valence-electron chi connectivity index (χ0n) is 9.82. The van der Waals surface area contributed by atoms with E-state index in [1.807, 2.05) is 5.32 Å². The highest BCUT2D eigenvalue weighted by Gasteiger charge is 2.34. The minimum atomic E-state index is -4.30. The Bertz CT molecular complexity index is 332. The van der Waals surface area contributed by atoms with Crippen molar-refractivity contribution in [1.82, 2.24) is 5.32 Å². The first-order chi connectivity index (χ1) is 8.60. The van der Waals surface area contributed by atoms with E-state index >= 15 is 0 Å². The smallest absolute Gasteiger partial charge is 0.327 e. The van der Waals surface area contributed by atoms with Crippen LogP contribution in [-0.2, 0) is 9.36 Å². The molecule has 0 aliphatic rings. The van der Waals surface area contributed by atoms with Gasteiger partial charge >= 0.3 is 7.60 Å². The Labute approximate surface area is 108 Å². The second-order valence-corrected chi connectivity index (χ2v) is 5.63. The largest absolute Gasteiger partial charge is 0.394 e. The average molecular weight is 303 g/mol. The molecule has 114 valence electrons. The molecule has 0 saturated heterocycles. The van der Waals surface area contributed by atoms with E-state index in [0.717, 1.165) is 0 Å². The van der Waals surface area contributed by atoms with Gasteiger partial charge in [-0.05, 0) is 0 Å². The lowest BCUT2D eigenvalue weighted by Gasteiger charge is -2.24. The fourth-order valence-corrected chi connectivity index (χ4v) is 1.51. The van der Waals surface area contributed by atoms with E-state index in [-0.39, 0.29) is 0 Å². The standard InChI is InChI=1S/C8H18NO9P/c10-3-4(11)5(12)6(13)7(14)8(15)9-1-2-19(16,17)18/h4-7,10-14H,1-3H2,(H,9,15)(H2,16,17,18). The van der Waals surface area contributed by atoms with Crippen molar-refractivity contribution in [2.75, 3.05) is 19.3 Å². The Morgan fingerprint density at radius 3 is 2.05 bits per heavy atom. The van der Waals surface area contributed by atoms with Gasteiger partial charge in [0.1, 0.15) is 18.3 Å². The fourth-order valence-electron chi connectivity index (χ4n) is 1.11. The molecule has 1 amide bonds. The monoisotopic (exact) mass is 303 g/mol. The van der Waals surface area contributed by atoms with Crippen LogP contribution in [0, 0.1) is 0 Å². The van der Waals surface area contributed by atoms with Crippen molar-refractivity contribution in [1.29, 1.82) is 0 Å². The van der Waals surface area contributed by atoms with Crippen LogP contribution < -0.4 is 5.32 Å². The maximum absolute atomic E-state index is 11.3. The van der Waals surface area contributed by atoms with Crippen LogP contribution in [0.4, 0.5) is 0 Å². The molecule has 0 saturated carbocycles. The van der Waals surface area contributed by atoms with E-state index in [0.29, 0.717) is 0 Å². The molecular weight excluding hydrogens is 285 g/mol. The molecule has 0 bridgehead atoms. The highest BCUT2D eigenvalue weighted by Crippen LogP contribution is 2.32. The first-order valence-electron chi connectivity index (χ1n) is 5.25. The van der Waals surface area contributed by atoms with Gasteiger partial charge in [-0.1, -0.05) is 0 Å². The zero-order chi connectivity index (χ0) is 15.2. The van der Waals surface area contributed by atoms with Gasteiger partial charge in [0.15, 0.2) is 6.10 Å². The van der Waals surface area contributed by atoms with Crippen LogP contribution in [0.2, 0.25) is 0 Å². The highest BCUT2D eigenvalue weighted by molar-refractivity contribution is 7.51. The number of nitrogens with one attached hydrogen (secondary N) is 1. The van der Waals surface area contributed by atoms with Crippen LogP contribution in [0.1, 0.15) is 0 Å². The van der Waals surface area contributed by atoms with Gasteiger partial charge in [-0.3, -0.25) is 9.36 Å². The molecule has 0 aliphatic heterocycles. The summed E-state index contributed by atoms with van der Waals surface area (Å²) in [7, 11) is -4.30. The summed E-state index contributed by atoms with van der Waals surface area (Å²) < 4.78 is 10.5. The lowest BCUT2D eigenvalue weighted by Crippen LogP contribution is -2.51. The normalized spacial score (nSPS) is 18.5. The molecule has 19 heavy (non-hydrogen) atoms. The highest BCUT2D eigenvalue weighted by atomic mass is 31.2. The molecule has 0 heterocycles. The van der Waals surface area contributed by atoms with E-state index in [9.17, 15) is 24.7 Å². The Morgan fingerprint density at radius 2 is 1.63 bits per heavy atom. The van der Waals surface area contributed by atoms with Gasteiger partial charge in [-0.15, -0.1) is 0 Å². The van der Waals surface area contributed by atoms with Crippen molar-refractivity contribution in [3.63, 3.8) is 0 Å². The number of amides is 1. The van der Waals surface area contributed by atoms with E-state index in [2.05, 4.69) is 0 Å². The van der Waals surface area contributed by atoms with Gasteiger partial charge in [0.2, 0.25) is 0 Å². The summed E-state index contributed by atoms with van der Waals surface area (Å²) >= 11 is 0. The van der Waals surface area contributed by atoms with Crippen molar-refractivity contribution in [3.05, 3.63) is 0 Å². The summed E-state index contributed by atoms with van der Waals surface area (Å²) in [5.74, 6) is -1.18. The first-order valence-corrected chi connectivity index (χ1v) is 7.05. The van der Waals surface area contributed by atoms with Crippen molar-refractivity contribution in [3.8, 4) is 0 Å². The molecule has 4 unspecified atom stereocenters. The van der Waals surface area contributed by atoms with Crippen LogP contribution >= 0.6 is 7.60 Å². The number of carbonyl (C=O) groups excluding carboxylic acids is 1. The molecule has 10 nitrogen and oxygen atoms in total. The zero-order valence-corrected chi connectivity index (χ0v) is 10.7. The Balaban J connectivity index is 4.29. The van der Waals surface area contributed by atoms with Crippen LogP contribution in [-0.4, -0.2) is 85.0 Å². The van der Waals surface area contributed by atoms with Gasteiger partial charge in [-0.25, -0.2) is 0 Å². The Hall–Kier alpha value is -0.580. The Kier molecular flexibility index (Phi) is 7.64. The molecule has 0 aromatic heterocycles. The van der Waals surface area contributed by atoms with Crippen molar-refractivity contribution in [2.45, 2.75) is 24.4 Å². The molecule has 0 spiro atoms. The molecular formula is C8H18NO9P. The minimum Gasteiger partial charge on any atom is -0.394 e. The van der Waals surface area contributed by atoms with E-state index < -0.39 is 57.2 Å². The molecule has 0 aromatic carbocycles. The summed E-state index contributed by atoms with van der Waals surface area (Å²) in [5, 5.41) is 47.3. The summed E-state index contributed by atoms with van der Waals surface area (Å²) in [6.07, 6.45) is -8.52. The van der Waals surface area contributed by atoms with Crippen molar-refractivity contribution >= 4 is 13.5 Å². The molecule has 11 heteroatoms. The number of aliphatic hydroxyl groups excluding tert-OH is 5. The third-order valence-electron chi connectivity index (χ3n) is 2.23. The molecule has 0 fully saturated rings. The molecule has 0 aliphatic carbocycles. The topological polar surface area (TPSA) is 188 Å². The van der Waals surface area contributed by atoms with E-state index in [1.54, 1.807) is 0 Å². The predicted molar refractivity (Wildman–Crippen MR) is 61.0 cm³/mol. The Morgan fingerprint density at radius 1 is 1.11 bits per heavy atom. The lowest BCUT2D eigenvalue weighted by atomic mass is 10.0. The second-order valence-electron chi connectivity index (χ2n) is 3.86. The van der Waals surface area contributed by atoms with Crippen LogP contribution in [0.25, 0.3) is 0 Å². The van der Waals surface area contributed by atoms with Gasteiger partial charge in [0.05, 0.1) is 12.8 Å². The van der Waals surface area contributed by atoms with Gasteiger partial charge in [0.25, 0.3) is 5.91 Å². The molecule has 0 aromatic rings. The summed E-state index contributed by atoms with van der Waals surface area (Å²) in [6, 6.07) is 0. The van der Waals surface area contributed by atoms with Gasteiger partial charge in [0, 0.05) is 6.54 Å². The average Bonchev–Trinajstić information content (AvgIpc) is 2.33. The molecule has 0 radical (unpaired) electrons. The minimum absolute atomic E-state index is 0.439. The lowest BCUT2D eigenvalue weighted by molar-refractivity contribution is -0.148. The fraction of sp³-hybridized carbons (Fsp3) is 0.875. The van der Waals surface area contributed by atoms with Crippen molar-refractivity contribution < 1.29 is 44.7 Å². The van der Waals surface area contributed by atoms with E-state index in [4.69, 9.17) is 20.0 Å². The van der Waals surface area contributed by atoms with Crippen LogP contribution in [0.3, 0.4) is 0 Å². The summed E-state index contributed by atoms with van der Waals surface area (Å²) in [5.41, 5.74) is 0. The summed E-state index contributed by atoms with van der Waals surface area (Å²) in [6.45, 7) is -1.32. The maximum Gasteiger partial charge on any atom is 0.327 e. The number of carbonyl (C=O) groups is 1. The van der Waals surface area contributed by atoms with Crippen molar-refractivity contribution in [2.24, 2.45) is 0 Å². The predicted octanol–water partition coefficient (Wildman–Crippen LogP) is -4.28. The van der Waals surface area contributed by atoms with Gasteiger partial charge in [-0.2, -0.15) is 0 Å². The van der Waals surface area contributed by atoms with E-state index in [1.165, 1.54) is 0 Å². The third kappa shape index (κ3) is 6.95. The summed E-state index contributed by atoms with van der Waals surface area (Å²) in [4.78, 5) is 28.3. The SMILES string of the molecule is O=C(NCCP(=O)(O)O)C(O)C(O)C(O)C(O)CO. The first kappa shape index (κ1) is 18.4. The van der Waals surface area contributed by atoms with Crippen LogP contribution in [0.15, 0.2) is 0 Å². The number of aliphatic hydroxyl groups is 5. The molecule has 4 atom stereocenters. The quantitative estimate of drug-likeness (QED) is 0.205. The number of hydrogen-bond acceptors (Lipinski definition) is 7. The maximum atomic E-state index is 11.3. The molecule has 0 rings (SSSR count). The number of rotatable bonds is 8. The molecule has 8 N–H and O–H groups in total. The second kappa shape index (κ2) is 7.88. The number of hydrogen-bond donors (Lipinski definition) is 8. The third-order valence-corrected chi connectivity index (χ3v) is 3.03. The van der Waals surface area contributed by atoms with Crippen LogP contribution in [0.5, 0.6) is 0 Å².